The molecule has 0 aliphatic heterocycles. The maximum absolute atomic E-state index is 11.1. The summed E-state index contributed by atoms with van der Waals surface area (Å²) in [5, 5.41) is 9.05. The third-order valence-electron chi connectivity index (χ3n) is 2.57. The number of ether oxygens (including phenoxy) is 1. The van der Waals surface area contributed by atoms with Crippen LogP contribution in [0.15, 0.2) is 48.5 Å². The van der Waals surface area contributed by atoms with Gasteiger partial charge in [0.2, 0.25) is 0 Å². The van der Waals surface area contributed by atoms with Gasteiger partial charge in [-0.25, -0.2) is 4.79 Å². The number of benzene rings is 2. The van der Waals surface area contributed by atoms with Crippen molar-refractivity contribution in [2.75, 3.05) is 0 Å². The molecule has 0 spiro atoms. The number of hydrogen-bond acceptors (Lipinski definition) is 3. The molecule has 0 heterocycles. The van der Waals surface area contributed by atoms with Gasteiger partial charge >= 0.3 is 11.9 Å². The van der Waals surface area contributed by atoms with Gasteiger partial charge in [-0.1, -0.05) is 36.4 Å². The van der Waals surface area contributed by atoms with E-state index < -0.39 is 11.9 Å². The number of carbonyl (C=O) groups excluding carboxylic acids is 1. The monoisotopic (exact) mass is 256 g/mol. The highest BCUT2D eigenvalue weighted by molar-refractivity contribution is 5.93. The van der Waals surface area contributed by atoms with E-state index in [1.807, 2.05) is 30.3 Å². The van der Waals surface area contributed by atoms with Crippen LogP contribution in [-0.4, -0.2) is 17.0 Å². The van der Waals surface area contributed by atoms with Crippen LogP contribution in [0.1, 0.15) is 17.3 Å². The zero-order valence-corrected chi connectivity index (χ0v) is 10.3. The summed E-state index contributed by atoms with van der Waals surface area (Å²) in [7, 11) is 0. The number of carboxylic acid groups (broad SMARTS) is 1. The molecule has 19 heavy (non-hydrogen) atoms. The van der Waals surface area contributed by atoms with Crippen LogP contribution >= 0.6 is 0 Å². The van der Waals surface area contributed by atoms with Crippen LogP contribution in [0.5, 0.6) is 5.75 Å². The van der Waals surface area contributed by atoms with Gasteiger partial charge in [0.05, 0.1) is 0 Å². The number of esters is 1. The predicted octanol–water partition coefficient (Wildman–Crippen LogP) is 2.98. The first-order chi connectivity index (χ1) is 9.08. The second kappa shape index (κ2) is 5.35. The van der Waals surface area contributed by atoms with Crippen molar-refractivity contribution in [1.29, 1.82) is 0 Å². The first-order valence-electron chi connectivity index (χ1n) is 5.69. The van der Waals surface area contributed by atoms with E-state index >= 15 is 0 Å². The Balaban J connectivity index is 2.49. The second-order valence-corrected chi connectivity index (χ2v) is 3.98. The summed E-state index contributed by atoms with van der Waals surface area (Å²) in [5.74, 6) is -1.62. The zero-order chi connectivity index (χ0) is 13.8. The van der Waals surface area contributed by atoms with Crippen molar-refractivity contribution in [3.05, 3.63) is 54.1 Å². The highest BCUT2D eigenvalue weighted by Gasteiger charge is 2.14. The Morgan fingerprint density at radius 2 is 1.68 bits per heavy atom. The first kappa shape index (κ1) is 12.8. The lowest BCUT2D eigenvalue weighted by Gasteiger charge is -2.08. The minimum Gasteiger partial charge on any atom is -0.478 e. The van der Waals surface area contributed by atoms with E-state index in [0.29, 0.717) is 0 Å². The molecular weight excluding hydrogens is 244 g/mol. The average Bonchev–Trinajstić information content (AvgIpc) is 2.38. The quantitative estimate of drug-likeness (QED) is 0.677. The van der Waals surface area contributed by atoms with Crippen molar-refractivity contribution in [1.82, 2.24) is 0 Å². The Labute approximate surface area is 110 Å². The lowest BCUT2D eigenvalue weighted by molar-refractivity contribution is -0.131. The fourth-order valence-corrected chi connectivity index (χ4v) is 1.75. The normalized spacial score (nSPS) is 9.95. The Bertz CT molecular complexity index is 617. The van der Waals surface area contributed by atoms with Crippen LogP contribution in [-0.2, 0) is 4.79 Å². The summed E-state index contributed by atoms with van der Waals surface area (Å²) in [4.78, 5) is 22.1. The smallest absolute Gasteiger partial charge is 0.339 e. The fourth-order valence-electron chi connectivity index (χ4n) is 1.75. The summed E-state index contributed by atoms with van der Waals surface area (Å²) in [5.41, 5.74) is 1.68. The molecule has 0 radical (unpaired) electrons. The van der Waals surface area contributed by atoms with Gasteiger partial charge in [-0.3, -0.25) is 4.79 Å². The average molecular weight is 256 g/mol. The van der Waals surface area contributed by atoms with Crippen LogP contribution in [0, 0.1) is 0 Å². The number of aromatic carboxylic acids is 1. The van der Waals surface area contributed by atoms with E-state index in [9.17, 15) is 9.59 Å². The number of carbonyl (C=O) groups is 2. The molecule has 96 valence electrons. The molecule has 0 fully saturated rings. The van der Waals surface area contributed by atoms with Crippen LogP contribution in [0.25, 0.3) is 11.1 Å². The van der Waals surface area contributed by atoms with Crippen molar-refractivity contribution in [2.24, 2.45) is 0 Å². The minimum atomic E-state index is -1.13. The van der Waals surface area contributed by atoms with Crippen LogP contribution < -0.4 is 4.74 Å². The summed E-state index contributed by atoms with van der Waals surface area (Å²) < 4.78 is 4.95. The van der Waals surface area contributed by atoms with E-state index in [4.69, 9.17) is 9.84 Å². The van der Waals surface area contributed by atoms with Crippen molar-refractivity contribution in [3.63, 3.8) is 0 Å². The number of carboxylic acids is 1. The highest BCUT2D eigenvalue weighted by atomic mass is 16.5. The lowest BCUT2D eigenvalue weighted by Crippen LogP contribution is -2.07. The van der Waals surface area contributed by atoms with Crippen LogP contribution in [0.3, 0.4) is 0 Å². The van der Waals surface area contributed by atoms with Crippen LogP contribution in [0.4, 0.5) is 0 Å². The van der Waals surface area contributed by atoms with Crippen molar-refractivity contribution >= 4 is 11.9 Å². The second-order valence-electron chi connectivity index (χ2n) is 3.98. The van der Waals surface area contributed by atoms with Gasteiger partial charge in [-0.15, -0.1) is 0 Å². The molecule has 1 N–H and O–H groups in total. The summed E-state index contributed by atoms with van der Waals surface area (Å²) in [6.45, 7) is 1.24. The molecule has 2 aromatic rings. The molecule has 0 atom stereocenters. The summed E-state index contributed by atoms with van der Waals surface area (Å²) in [6.07, 6.45) is 0. The van der Waals surface area contributed by atoms with E-state index in [0.717, 1.165) is 11.1 Å². The van der Waals surface area contributed by atoms with E-state index in [1.165, 1.54) is 13.0 Å². The van der Waals surface area contributed by atoms with E-state index in [1.54, 1.807) is 12.1 Å². The molecule has 0 bridgehead atoms. The van der Waals surface area contributed by atoms with Crippen LogP contribution in [0.2, 0.25) is 0 Å². The Hall–Kier alpha value is -2.62. The zero-order valence-electron chi connectivity index (χ0n) is 10.3. The molecule has 0 amide bonds. The van der Waals surface area contributed by atoms with Gasteiger partial charge < -0.3 is 9.84 Å². The van der Waals surface area contributed by atoms with E-state index in [-0.39, 0.29) is 11.3 Å². The molecule has 0 aliphatic carbocycles. The molecule has 0 unspecified atom stereocenters. The SMILES string of the molecule is CC(=O)Oc1cc(-c2ccccc2)ccc1C(=O)O. The standard InChI is InChI=1S/C15H12O4/c1-10(16)19-14-9-12(7-8-13(14)15(17)18)11-5-3-2-4-6-11/h2-9H,1H3,(H,17,18). The van der Waals surface area contributed by atoms with Gasteiger partial charge in [0.1, 0.15) is 11.3 Å². The molecule has 2 aromatic carbocycles. The van der Waals surface area contributed by atoms with E-state index in [2.05, 4.69) is 0 Å². The number of hydrogen-bond donors (Lipinski definition) is 1. The largest absolute Gasteiger partial charge is 0.478 e. The van der Waals surface area contributed by atoms with Gasteiger partial charge in [-0.2, -0.15) is 0 Å². The molecular formula is C15H12O4. The molecule has 0 saturated heterocycles. The van der Waals surface area contributed by atoms with Gasteiger partial charge in [0.15, 0.2) is 0 Å². The third kappa shape index (κ3) is 2.98. The number of rotatable bonds is 3. The molecule has 4 heteroatoms. The topological polar surface area (TPSA) is 63.6 Å². The minimum absolute atomic E-state index is 0.0325. The summed E-state index contributed by atoms with van der Waals surface area (Å²) in [6, 6.07) is 14.1. The maximum atomic E-state index is 11.1. The van der Waals surface area contributed by atoms with Gasteiger partial charge in [0.25, 0.3) is 0 Å². The van der Waals surface area contributed by atoms with Crippen molar-refractivity contribution < 1.29 is 19.4 Å². The third-order valence-corrected chi connectivity index (χ3v) is 2.57. The maximum Gasteiger partial charge on any atom is 0.339 e. The Morgan fingerprint density at radius 1 is 1.00 bits per heavy atom. The van der Waals surface area contributed by atoms with Crippen molar-refractivity contribution in [3.8, 4) is 16.9 Å². The lowest BCUT2D eigenvalue weighted by atomic mass is 10.0. The molecule has 4 nitrogen and oxygen atoms in total. The molecule has 2 rings (SSSR count). The highest BCUT2D eigenvalue weighted by Crippen LogP contribution is 2.27. The van der Waals surface area contributed by atoms with Crippen molar-refractivity contribution in [2.45, 2.75) is 6.92 Å². The molecule has 0 aliphatic rings. The summed E-state index contributed by atoms with van der Waals surface area (Å²) >= 11 is 0. The first-order valence-corrected chi connectivity index (χ1v) is 5.69. The van der Waals surface area contributed by atoms with Gasteiger partial charge in [0, 0.05) is 6.92 Å². The predicted molar refractivity (Wildman–Crippen MR) is 70.1 cm³/mol. The molecule has 0 saturated carbocycles. The Morgan fingerprint density at radius 3 is 2.26 bits per heavy atom. The Kier molecular flexibility index (Phi) is 3.61. The fraction of sp³-hybridized carbons (Fsp3) is 0.0667. The van der Waals surface area contributed by atoms with Gasteiger partial charge in [-0.05, 0) is 23.3 Å². The molecule has 0 aromatic heterocycles.